The summed E-state index contributed by atoms with van der Waals surface area (Å²) in [4.78, 5) is 13.9. The van der Waals surface area contributed by atoms with Gasteiger partial charge in [0.25, 0.3) is 0 Å². The van der Waals surface area contributed by atoms with Crippen LogP contribution in [0.1, 0.15) is 31.5 Å². The van der Waals surface area contributed by atoms with E-state index in [2.05, 4.69) is 4.98 Å². The zero-order chi connectivity index (χ0) is 57.0. The molecule has 5 heteroatoms. The average molecular weight is 739 g/mol. The fourth-order valence-corrected chi connectivity index (χ4v) is 6.88. The van der Waals surface area contributed by atoms with Crippen LogP contribution in [0.3, 0.4) is 0 Å². The number of benzene rings is 8. The van der Waals surface area contributed by atoms with Gasteiger partial charge in [-0.15, -0.1) is 0 Å². The van der Waals surface area contributed by atoms with E-state index < -0.39 is 184 Å². The van der Waals surface area contributed by atoms with Gasteiger partial charge in [0.15, 0.2) is 11.6 Å². The van der Waals surface area contributed by atoms with Crippen LogP contribution in [0.4, 0.5) is 0 Å². The molecule has 0 amide bonds. The Labute approximate surface area is 355 Å². The number of fused-ring (bicyclic) bond motifs is 7. The quantitative estimate of drug-likeness (QED) is 0.171. The lowest BCUT2D eigenvalue weighted by Crippen LogP contribution is -2.06. The predicted molar refractivity (Wildman–Crippen MR) is 230 cm³/mol. The topological polar surface area (TPSA) is 48.5 Å². The first kappa shape index (κ1) is 16.4. The van der Waals surface area contributed by atoms with E-state index in [0.717, 1.165) is 0 Å². The summed E-state index contributed by atoms with van der Waals surface area (Å²) in [6.07, 6.45) is 0. The summed E-state index contributed by atoms with van der Waals surface area (Å²) in [6, 6.07) is -0.526. The molecule has 0 spiro atoms. The van der Waals surface area contributed by atoms with E-state index in [4.69, 9.17) is 33.3 Å². The average Bonchev–Trinajstić information content (AvgIpc) is 4.00. The molecule has 0 unspecified atom stereocenters. The van der Waals surface area contributed by atoms with Crippen LogP contribution in [0.25, 0.3) is 100 Å². The fraction of sp³-hybridized carbons (Fsp3) is 0. The predicted octanol–water partition coefficient (Wildman–Crippen LogP) is 12.7. The fourth-order valence-electron chi connectivity index (χ4n) is 6.88. The van der Waals surface area contributed by atoms with Crippen LogP contribution < -0.4 is 0 Å². The Morgan fingerprint density at radius 2 is 0.893 bits per heavy atom. The van der Waals surface area contributed by atoms with Crippen LogP contribution in [-0.2, 0) is 0 Å². The largest absolute Gasteiger partial charge is 0.309 e. The summed E-state index contributed by atoms with van der Waals surface area (Å²) in [6.45, 7) is 0. The van der Waals surface area contributed by atoms with E-state index in [0.29, 0.717) is 38.1 Å². The number of rotatable bonds is 6. The minimum Gasteiger partial charge on any atom is -0.309 e. The highest BCUT2D eigenvalue weighted by atomic mass is 15.2. The normalized spacial score (nSPS) is 17.3. The van der Waals surface area contributed by atoms with Crippen molar-refractivity contribution < 1.29 is 31.5 Å². The molecule has 0 atom stereocenters. The van der Waals surface area contributed by atoms with E-state index in [-0.39, 0.29) is 17.2 Å². The molecule has 0 aliphatic heterocycles. The summed E-state index contributed by atoms with van der Waals surface area (Å²) in [5, 5.41) is 1.90. The van der Waals surface area contributed by atoms with E-state index in [1.54, 1.807) is 60.7 Å². The maximum atomic E-state index is 9.77. The molecule has 56 heavy (non-hydrogen) atoms. The Kier molecular flexibility index (Phi) is 3.82. The van der Waals surface area contributed by atoms with E-state index >= 15 is 0 Å². The summed E-state index contributed by atoms with van der Waals surface area (Å²) in [5.74, 6) is -1.57. The molecule has 3 heterocycles. The third-order valence-corrected chi connectivity index (χ3v) is 9.20. The van der Waals surface area contributed by atoms with Crippen LogP contribution in [0.5, 0.6) is 0 Å². The minimum atomic E-state index is -0.862. The monoisotopic (exact) mass is 738 g/mol. The summed E-state index contributed by atoms with van der Waals surface area (Å²) in [7, 11) is 0. The van der Waals surface area contributed by atoms with Crippen molar-refractivity contribution >= 4 is 43.6 Å². The van der Waals surface area contributed by atoms with Crippen molar-refractivity contribution in [1.82, 2.24) is 24.1 Å². The van der Waals surface area contributed by atoms with Crippen LogP contribution in [0.2, 0.25) is 0 Å². The highest BCUT2D eigenvalue weighted by Gasteiger charge is 2.23. The van der Waals surface area contributed by atoms with Gasteiger partial charge in [-0.05, 0) is 52.5 Å². The van der Waals surface area contributed by atoms with Gasteiger partial charge in [0.2, 0.25) is 5.95 Å². The van der Waals surface area contributed by atoms with Gasteiger partial charge in [0.1, 0.15) is 0 Å². The SMILES string of the molecule is [2H]c1c([2H])c([2H])c(-c2nc(-c3c([2H])c([2H])c(-c4c([2H])c([2H])c([2H])c([2H])c4[2H])c([2H])c3[2H])nc(-n3c4ccccc4c4c3ccc3c5ccccc5n(-c5c([2H])c([2H])c([2H])c(-c6c([2H])c([2H])c([2H])c([2H])c6[2H])c5[2H])c34)n2)c([2H])c1[2H]. The Hall–Kier alpha value is -7.63. The van der Waals surface area contributed by atoms with Gasteiger partial charge in [0, 0.05) is 38.4 Å². The molecule has 0 saturated carbocycles. The summed E-state index contributed by atoms with van der Waals surface area (Å²) < 4.78 is 205. The van der Waals surface area contributed by atoms with Gasteiger partial charge < -0.3 is 4.57 Å². The standard InChI is InChI=1S/C51H33N5/c1-4-15-34(16-5-1)36-27-29-38(30-28-36)50-52-49(37-19-8-3-9-20-37)53-51(54-50)56-45-26-13-11-24-43(45)47-46(56)32-31-42-41-23-10-12-25-44(41)55(48(42)47)40-22-14-21-39(33-40)35-17-6-2-7-18-35/h1-33H/i1D,2D,3D,4D,5D,6D,7D,8D,9D,14D,15D,16D,17D,18D,19D,20D,21D,22D,27D,28D,29D,30D,33D. The lowest BCUT2D eigenvalue weighted by atomic mass is 10.0. The second-order valence-corrected chi connectivity index (χ2v) is 12.3. The van der Waals surface area contributed by atoms with Crippen LogP contribution in [0, 0.1) is 0 Å². The summed E-state index contributed by atoms with van der Waals surface area (Å²) >= 11 is 0. The van der Waals surface area contributed by atoms with Gasteiger partial charge in [-0.2, -0.15) is 9.97 Å². The number of para-hydroxylation sites is 2. The Morgan fingerprint density at radius 1 is 0.375 bits per heavy atom. The molecule has 0 fully saturated rings. The van der Waals surface area contributed by atoms with E-state index in [1.807, 2.05) is 0 Å². The lowest BCUT2D eigenvalue weighted by Gasteiger charge is -2.12. The lowest BCUT2D eigenvalue weighted by molar-refractivity contribution is 0.953. The molecule has 8 aromatic carbocycles. The summed E-state index contributed by atoms with van der Waals surface area (Å²) in [5.41, 5.74) is -2.48. The minimum absolute atomic E-state index is 0.255. The van der Waals surface area contributed by atoms with Crippen LogP contribution >= 0.6 is 0 Å². The van der Waals surface area contributed by atoms with Crippen molar-refractivity contribution in [3.8, 4) is 56.7 Å². The number of aromatic nitrogens is 5. The molecule has 0 aliphatic carbocycles. The Bertz CT molecular complexity index is 4490. The third-order valence-electron chi connectivity index (χ3n) is 9.20. The smallest absolute Gasteiger partial charge is 0.238 e. The maximum absolute atomic E-state index is 9.77. The van der Waals surface area contributed by atoms with E-state index in [1.165, 1.54) is 9.13 Å². The zero-order valence-corrected chi connectivity index (χ0v) is 28.5. The van der Waals surface area contributed by atoms with Crippen molar-refractivity contribution in [2.45, 2.75) is 0 Å². The number of nitrogens with zero attached hydrogens (tertiary/aromatic N) is 5. The molecule has 0 N–H and O–H groups in total. The third kappa shape index (κ3) is 5.21. The van der Waals surface area contributed by atoms with Gasteiger partial charge in [0.05, 0.1) is 53.6 Å². The molecule has 262 valence electrons. The molecule has 11 rings (SSSR count). The van der Waals surface area contributed by atoms with Crippen LogP contribution in [0.15, 0.2) is 200 Å². The first-order valence-electron chi connectivity index (χ1n) is 28.5. The zero-order valence-electron chi connectivity index (χ0n) is 51.5. The van der Waals surface area contributed by atoms with Crippen molar-refractivity contribution in [3.63, 3.8) is 0 Å². The van der Waals surface area contributed by atoms with Crippen molar-refractivity contribution in [1.29, 1.82) is 0 Å². The molecule has 11 aromatic rings. The van der Waals surface area contributed by atoms with Crippen molar-refractivity contribution in [3.05, 3.63) is 200 Å². The highest BCUT2D eigenvalue weighted by Crippen LogP contribution is 2.42. The van der Waals surface area contributed by atoms with E-state index in [9.17, 15) is 8.22 Å². The van der Waals surface area contributed by atoms with Gasteiger partial charge in [-0.1, -0.05) is 169 Å². The molecule has 5 nitrogen and oxygen atoms in total. The second-order valence-electron chi connectivity index (χ2n) is 12.3. The first-order chi connectivity index (χ1) is 37.3. The Balaban J connectivity index is 1.28. The molecular weight excluding hydrogens is 683 g/mol. The molecule has 0 radical (unpaired) electrons. The maximum Gasteiger partial charge on any atom is 0.238 e. The first-order valence-corrected chi connectivity index (χ1v) is 17.0. The number of hydrogen-bond donors (Lipinski definition) is 0. The van der Waals surface area contributed by atoms with Crippen molar-refractivity contribution in [2.75, 3.05) is 0 Å². The molecule has 0 saturated heterocycles. The molecule has 3 aromatic heterocycles. The molecule has 0 aliphatic rings. The van der Waals surface area contributed by atoms with Gasteiger partial charge in [-0.25, -0.2) is 4.98 Å². The molecular formula is C51H33N5. The van der Waals surface area contributed by atoms with Gasteiger partial charge >= 0.3 is 0 Å². The highest BCUT2D eigenvalue weighted by molar-refractivity contribution is 6.26. The second kappa shape index (κ2) is 13.0. The van der Waals surface area contributed by atoms with Gasteiger partial charge in [-0.3, -0.25) is 4.57 Å². The number of hydrogen-bond acceptors (Lipinski definition) is 3. The van der Waals surface area contributed by atoms with Crippen molar-refractivity contribution in [2.24, 2.45) is 0 Å². The molecule has 0 bridgehead atoms. The Morgan fingerprint density at radius 3 is 1.57 bits per heavy atom. The van der Waals surface area contributed by atoms with Crippen LogP contribution in [-0.4, -0.2) is 24.1 Å².